The first-order valence-electron chi connectivity index (χ1n) is 9.32. The molecule has 146 valence electrons. The third-order valence-electron chi connectivity index (χ3n) is 4.93. The highest BCUT2D eigenvalue weighted by Gasteiger charge is 2.27. The van der Waals surface area contributed by atoms with Crippen molar-refractivity contribution < 1.29 is 9.47 Å². The molecule has 7 heteroatoms. The van der Waals surface area contributed by atoms with Gasteiger partial charge in [-0.05, 0) is 44.0 Å². The molecule has 0 amide bonds. The summed E-state index contributed by atoms with van der Waals surface area (Å²) < 4.78 is 12.2. The average molecular weight is 372 g/mol. The van der Waals surface area contributed by atoms with Crippen LogP contribution in [0, 0.1) is 6.92 Å². The number of fused-ring (bicyclic) bond motifs is 1. The van der Waals surface area contributed by atoms with Crippen molar-refractivity contribution in [1.82, 2.24) is 14.5 Å². The van der Waals surface area contributed by atoms with Gasteiger partial charge in [-0.2, -0.15) is 0 Å². The molecule has 7 nitrogen and oxygen atoms in total. The summed E-state index contributed by atoms with van der Waals surface area (Å²) in [7, 11) is 3.36. The first-order chi connectivity index (χ1) is 13.1. The molecule has 1 aliphatic rings. The maximum Gasteiger partial charge on any atom is 0.259 e. The standard InChI is InChI=1S/C20H28N4O3/c1-5-18-15(2)21-20-23(16-7-9-17(27-4)10-8-16)13-22(11-6-12-26-3)14-24(20)19(18)25/h7-10H,5-6,11-14H2,1-4H3. The Morgan fingerprint density at radius 3 is 2.52 bits per heavy atom. The maximum atomic E-state index is 13.0. The molecule has 2 heterocycles. The van der Waals surface area contributed by atoms with Crippen molar-refractivity contribution in [1.29, 1.82) is 0 Å². The molecule has 0 spiro atoms. The molecule has 27 heavy (non-hydrogen) atoms. The Kier molecular flexibility index (Phi) is 6.13. The molecule has 2 aromatic rings. The molecular formula is C20H28N4O3. The van der Waals surface area contributed by atoms with Crippen LogP contribution in [0.1, 0.15) is 24.6 Å². The van der Waals surface area contributed by atoms with Crippen LogP contribution >= 0.6 is 0 Å². The monoisotopic (exact) mass is 372 g/mol. The lowest BCUT2D eigenvalue weighted by molar-refractivity contribution is 0.150. The van der Waals surface area contributed by atoms with E-state index in [2.05, 4.69) is 9.80 Å². The van der Waals surface area contributed by atoms with Gasteiger partial charge in [-0.1, -0.05) is 6.92 Å². The van der Waals surface area contributed by atoms with Crippen LogP contribution in [0.4, 0.5) is 11.6 Å². The molecule has 0 atom stereocenters. The molecular weight excluding hydrogens is 344 g/mol. The van der Waals surface area contributed by atoms with E-state index in [1.807, 2.05) is 38.1 Å². The van der Waals surface area contributed by atoms with Gasteiger partial charge in [0.2, 0.25) is 5.95 Å². The minimum atomic E-state index is 0.0509. The molecule has 0 saturated carbocycles. The lowest BCUT2D eigenvalue weighted by atomic mass is 10.2. The zero-order valence-electron chi connectivity index (χ0n) is 16.6. The zero-order chi connectivity index (χ0) is 19.4. The molecule has 0 aliphatic carbocycles. The lowest BCUT2D eigenvalue weighted by Crippen LogP contribution is -2.48. The van der Waals surface area contributed by atoms with Crippen LogP contribution in [-0.4, -0.2) is 48.5 Å². The third kappa shape index (κ3) is 3.99. The van der Waals surface area contributed by atoms with Crippen molar-refractivity contribution in [2.75, 3.05) is 38.9 Å². The molecule has 0 saturated heterocycles. The predicted molar refractivity (Wildman–Crippen MR) is 106 cm³/mol. The summed E-state index contributed by atoms with van der Waals surface area (Å²) in [5, 5.41) is 0. The topological polar surface area (TPSA) is 59.8 Å². The summed E-state index contributed by atoms with van der Waals surface area (Å²) in [6.45, 7) is 6.68. The summed E-state index contributed by atoms with van der Waals surface area (Å²) in [5.74, 6) is 1.50. The Bertz CT molecular complexity index is 832. The van der Waals surface area contributed by atoms with Gasteiger partial charge in [0.25, 0.3) is 5.56 Å². The van der Waals surface area contributed by atoms with Gasteiger partial charge >= 0.3 is 0 Å². The Morgan fingerprint density at radius 1 is 1.15 bits per heavy atom. The van der Waals surface area contributed by atoms with Gasteiger partial charge in [0.15, 0.2) is 0 Å². The average Bonchev–Trinajstić information content (AvgIpc) is 2.69. The SMILES string of the molecule is CCc1c(C)nc2n(c1=O)CN(CCCOC)CN2c1ccc(OC)cc1. The molecule has 0 radical (unpaired) electrons. The van der Waals surface area contributed by atoms with E-state index in [9.17, 15) is 4.79 Å². The van der Waals surface area contributed by atoms with Gasteiger partial charge in [0.1, 0.15) is 5.75 Å². The van der Waals surface area contributed by atoms with Crippen LogP contribution < -0.4 is 15.2 Å². The Morgan fingerprint density at radius 2 is 1.89 bits per heavy atom. The van der Waals surface area contributed by atoms with E-state index < -0.39 is 0 Å². The van der Waals surface area contributed by atoms with Crippen LogP contribution in [0.25, 0.3) is 0 Å². The van der Waals surface area contributed by atoms with E-state index >= 15 is 0 Å². The summed E-state index contributed by atoms with van der Waals surface area (Å²) in [6.07, 6.45) is 1.60. The number of ether oxygens (including phenoxy) is 2. The molecule has 0 N–H and O–H groups in total. The number of rotatable bonds is 7. The Labute approximate surface area is 160 Å². The van der Waals surface area contributed by atoms with Crippen LogP contribution in [-0.2, 0) is 17.8 Å². The van der Waals surface area contributed by atoms with Crippen molar-refractivity contribution in [2.24, 2.45) is 0 Å². The summed E-state index contributed by atoms with van der Waals surface area (Å²) in [4.78, 5) is 22.2. The number of nitrogens with zero attached hydrogens (tertiary/aromatic N) is 4. The van der Waals surface area contributed by atoms with Crippen molar-refractivity contribution in [2.45, 2.75) is 33.4 Å². The normalized spacial score (nSPS) is 14.3. The number of hydrogen-bond acceptors (Lipinski definition) is 6. The first-order valence-corrected chi connectivity index (χ1v) is 9.32. The highest BCUT2D eigenvalue weighted by Crippen LogP contribution is 2.29. The Balaban J connectivity index is 2.02. The van der Waals surface area contributed by atoms with Crippen molar-refractivity contribution in [3.63, 3.8) is 0 Å². The van der Waals surface area contributed by atoms with Crippen LogP contribution in [0.3, 0.4) is 0 Å². The van der Waals surface area contributed by atoms with Crippen molar-refractivity contribution >= 4 is 11.6 Å². The fraction of sp³-hybridized carbons (Fsp3) is 0.500. The maximum absolute atomic E-state index is 13.0. The second-order valence-corrected chi connectivity index (χ2v) is 6.71. The largest absolute Gasteiger partial charge is 0.497 e. The predicted octanol–water partition coefficient (Wildman–Crippen LogP) is 2.53. The summed E-state index contributed by atoms with van der Waals surface area (Å²) in [6, 6.07) is 7.85. The van der Waals surface area contributed by atoms with Gasteiger partial charge in [0.05, 0.1) is 20.4 Å². The first kappa shape index (κ1) is 19.4. The lowest BCUT2D eigenvalue weighted by Gasteiger charge is -2.38. The molecule has 0 unspecified atom stereocenters. The van der Waals surface area contributed by atoms with Crippen LogP contribution in [0.5, 0.6) is 5.75 Å². The van der Waals surface area contributed by atoms with E-state index in [0.717, 1.165) is 35.7 Å². The van der Waals surface area contributed by atoms with Crippen LogP contribution in [0.2, 0.25) is 0 Å². The Hall–Kier alpha value is -2.38. The van der Waals surface area contributed by atoms with Gasteiger partial charge in [-0.15, -0.1) is 0 Å². The number of benzene rings is 1. The smallest absolute Gasteiger partial charge is 0.259 e. The number of aryl methyl sites for hydroxylation is 1. The minimum absolute atomic E-state index is 0.0509. The van der Waals surface area contributed by atoms with E-state index in [4.69, 9.17) is 14.5 Å². The number of methoxy groups -OCH3 is 2. The second-order valence-electron chi connectivity index (χ2n) is 6.71. The molecule has 0 fully saturated rings. The molecule has 1 aromatic heterocycles. The summed E-state index contributed by atoms with van der Waals surface area (Å²) >= 11 is 0. The fourth-order valence-electron chi connectivity index (χ4n) is 3.47. The number of hydrogen-bond donors (Lipinski definition) is 0. The van der Waals surface area contributed by atoms with Crippen LogP contribution in [0.15, 0.2) is 29.1 Å². The highest BCUT2D eigenvalue weighted by atomic mass is 16.5. The van der Waals surface area contributed by atoms with Gasteiger partial charge < -0.3 is 9.47 Å². The van der Waals surface area contributed by atoms with Gasteiger partial charge in [-0.3, -0.25) is 19.2 Å². The molecule has 1 aliphatic heterocycles. The zero-order valence-corrected chi connectivity index (χ0v) is 16.6. The van der Waals surface area contributed by atoms with E-state index in [1.54, 1.807) is 18.8 Å². The van der Waals surface area contributed by atoms with Gasteiger partial charge in [-0.25, -0.2) is 4.98 Å². The van der Waals surface area contributed by atoms with E-state index in [0.29, 0.717) is 32.3 Å². The van der Waals surface area contributed by atoms with E-state index in [1.165, 1.54) is 0 Å². The number of anilines is 2. The molecule has 0 bridgehead atoms. The number of aromatic nitrogens is 2. The van der Waals surface area contributed by atoms with Crippen molar-refractivity contribution in [3.8, 4) is 5.75 Å². The molecule has 3 rings (SSSR count). The second kappa shape index (κ2) is 8.54. The highest BCUT2D eigenvalue weighted by molar-refractivity contribution is 5.59. The summed E-state index contributed by atoms with van der Waals surface area (Å²) in [5.41, 5.74) is 2.62. The fourth-order valence-corrected chi connectivity index (χ4v) is 3.47. The third-order valence-corrected chi connectivity index (χ3v) is 4.93. The molecule has 1 aromatic carbocycles. The van der Waals surface area contributed by atoms with Gasteiger partial charge in [0, 0.05) is 37.2 Å². The minimum Gasteiger partial charge on any atom is -0.497 e. The van der Waals surface area contributed by atoms with E-state index in [-0.39, 0.29) is 5.56 Å². The van der Waals surface area contributed by atoms with Crippen molar-refractivity contribution in [3.05, 3.63) is 45.9 Å². The quantitative estimate of drug-likeness (QED) is 0.696.